The third-order valence-electron chi connectivity index (χ3n) is 12.4. The number of Topliss-reactive ketones (excluding diaryl/α,β-unsaturated/α-hetero) is 1. The quantitative estimate of drug-likeness (QED) is 0.206. The van der Waals surface area contributed by atoms with Crippen LogP contribution in [-0.4, -0.2) is 77.6 Å². The molecule has 3 unspecified atom stereocenters. The number of anilines is 1. The molecule has 4 aromatic rings. The molecule has 12 nitrogen and oxygen atoms in total. The van der Waals surface area contributed by atoms with Crippen molar-refractivity contribution in [3.63, 3.8) is 0 Å². The Morgan fingerprint density at radius 3 is 2.31 bits per heavy atom. The number of hydrogen-bond acceptors (Lipinski definition) is 10. The van der Waals surface area contributed by atoms with Crippen molar-refractivity contribution < 1.29 is 29.0 Å². The van der Waals surface area contributed by atoms with Gasteiger partial charge < -0.3 is 24.0 Å². The van der Waals surface area contributed by atoms with Crippen LogP contribution in [0.25, 0.3) is 21.9 Å². The first-order valence-electron chi connectivity index (χ1n) is 19.5. The number of methoxy groups -OCH3 is 2. The van der Waals surface area contributed by atoms with Crippen molar-refractivity contribution in [3.8, 4) is 22.6 Å². The SMILES string of the molecule is COc1cc(-c2cn(C)c(=O)c3cnc(N4CCC4)cc23)cc(OC)c1CN1CCC(c2ccc3c(c2)C(=O)CC(CCC2CCC(=O)NC2=O)C3O)CC1. The highest BCUT2D eigenvalue weighted by atomic mass is 16.5. The number of carbonyl (C=O) groups excluding carboxylic acids is 3. The smallest absolute Gasteiger partial charge is 0.259 e. The molecule has 0 bridgehead atoms. The minimum Gasteiger partial charge on any atom is -0.496 e. The van der Waals surface area contributed by atoms with Crippen LogP contribution in [-0.2, 0) is 23.2 Å². The van der Waals surface area contributed by atoms with Gasteiger partial charge in [0.05, 0.1) is 31.3 Å². The van der Waals surface area contributed by atoms with Crippen LogP contribution in [0, 0.1) is 11.8 Å². The summed E-state index contributed by atoms with van der Waals surface area (Å²) in [6.07, 6.45) is 7.98. The fraction of sp³-hybridized carbons (Fsp3) is 0.465. The van der Waals surface area contributed by atoms with Crippen LogP contribution in [0.5, 0.6) is 11.5 Å². The van der Waals surface area contributed by atoms with Gasteiger partial charge in [-0.05, 0) is 104 Å². The number of ketones is 1. The van der Waals surface area contributed by atoms with Gasteiger partial charge in [0, 0.05) is 74.3 Å². The molecule has 2 aromatic carbocycles. The zero-order chi connectivity index (χ0) is 38.4. The Bertz CT molecular complexity index is 2200. The van der Waals surface area contributed by atoms with Crippen LogP contribution in [0.4, 0.5) is 5.82 Å². The van der Waals surface area contributed by atoms with E-state index < -0.39 is 6.10 Å². The summed E-state index contributed by atoms with van der Waals surface area (Å²) in [5, 5.41) is 15.1. The molecule has 2 amide bonds. The Morgan fingerprint density at radius 2 is 1.64 bits per heavy atom. The number of amides is 2. The number of ether oxygens (including phenoxy) is 2. The molecule has 0 saturated carbocycles. The van der Waals surface area contributed by atoms with E-state index >= 15 is 0 Å². The van der Waals surface area contributed by atoms with E-state index in [-0.39, 0.29) is 47.3 Å². The number of fused-ring (bicyclic) bond motifs is 2. The normalized spacial score (nSPS) is 22.0. The van der Waals surface area contributed by atoms with E-state index in [4.69, 9.17) is 9.47 Å². The van der Waals surface area contributed by atoms with Crippen LogP contribution in [0.1, 0.15) is 90.4 Å². The highest BCUT2D eigenvalue weighted by molar-refractivity contribution is 6.00. The van der Waals surface area contributed by atoms with Crippen LogP contribution in [0.3, 0.4) is 0 Å². The second kappa shape index (κ2) is 15.2. The number of nitrogens with one attached hydrogen (secondary N) is 1. The molecule has 3 fully saturated rings. The lowest BCUT2D eigenvalue weighted by Gasteiger charge is -2.34. The van der Waals surface area contributed by atoms with E-state index in [2.05, 4.69) is 26.2 Å². The van der Waals surface area contributed by atoms with Gasteiger partial charge in [-0.1, -0.05) is 12.1 Å². The van der Waals surface area contributed by atoms with Crippen molar-refractivity contribution in [1.82, 2.24) is 19.8 Å². The van der Waals surface area contributed by atoms with Crippen molar-refractivity contribution in [2.45, 2.75) is 69.9 Å². The standard InChI is InChI=1S/C43H49N5O7/c1-46-23-34(31-21-39(48-13-4-14-48)44-22-33(31)43(46)53)29-19-37(54-2)35(38(20-29)55-3)24-47-15-11-25(12-16-47)27-7-9-30-32(17-27)36(49)18-28(41(30)51)6-5-26-8-10-40(50)45-42(26)52/h7,9,17,19-23,25-26,28,41,51H,4-6,8,10-16,18,24H2,1-3H3,(H,45,50,52). The lowest BCUT2D eigenvalue weighted by atomic mass is 9.75. The molecular formula is C43H49N5O7. The van der Waals surface area contributed by atoms with Gasteiger partial charge in [0.1, 0.15) is 17.3 Å². The van der Waals surface area contributed by atoms with Crippen LogP contribution in [0.2, 0.25) is 0 Å². The highest BCUT2D eigenvalue weighted by Gasteiger charge is 2.36. The van der Waals surface area contributed by atoms with E-state index in [0.29, 0.717) is 48.7 Å². The number of aryl methyl sites for hydroxylation is 1. The fourth-order valence-corrected chi connectivity index (χ4v) is 8.97. The molecule has 1 aliphatic carbocycles. The summed E-state index contributed by atoms with van der Waals surface area (Å²) in [6, 6.07) is 12.1. The Morgan fingerprint density at radius 1 is 0.891 bits per heavy atom. The summed E-state index contributed by atoms with van der Waals surface area (Å²) < 4.78 is 13.6. The van der Waals surface area contributed by atoms with Crippen LogP contribution >= 0.6 is 0 Å². The van der Waals surface area contributed by atoms with Crippen molar-refractivity contribution in [2.24, 2.45) is 18.9 Å². The fourth-order valence-electron chi connectivity index (χ4n) is 8.97. The number of aliphatic hydroxyl groups excluding tert-OH is 1. The third-order valence-corrected chi connectivity index (χ3v) is 12.4. The average molecular weight is 748 g/mol. The number of hydrogen-bond donors (Lipinski definition) is 2. The topological polar surface area (TPSA) is 143 Å². The van der Waals surface area contributed by atoms with E-state index in [0.717, 1.165) is 90.4 Å². The molecular weight excluding hydrogens is 699 g/mol. The second-order valence-electron chi connectivity index (χ2n) is 15.7. The predicted molar refractivity (Wildman–Crippen MR) is 209 cm³/mol. The third kappa shape index (κ3) is 7.13. The number of piperidine rings is 2. The summed E-state index contributed by atoms with van der Waals surface area (Å²) in [5.41, 5.74) is 5.08. The molecule has 0 radical (unpaired) electrons. The van der Waals surface area contributed by atoms with Gasteiger partial charge in [-0.2, -0.15) is 0 Å². The molecule has 2 N–H and O–H groups in total. The molecule has 4 aliphatic rings. The van der Waals surface area contributed by atoms with E-state index in [1.54, 1.807) is 32.0 Å². The number of likely N-dealkylation sites (tertiary alicyclic amines) is 1. The summed E-state index contributed by atoms with van der Waals surface area (Å²) in [6.45, 7) is 4.27. The maximum absolute atomic E-state index is 13.4. The molecule has 5 heterocycles. The highest BCUT2D eigenvalue weighted by Crippen LogP contribution is 2.42. The largest absolute Gasteiger partial charge is 0.496 e. The van der Waals surface area contributed by atoms with Gasteiger partial charge in [-0.15, -0.1) is 0 Å². The van der Waals surface area contributed by atoms with Crippen molar-refractivity contribution >= 4 is 34.2 Å². The van der Waals surface area contributed by atoms with Crippen molar-refractivity contribution in [3.05, 3.63) is 81.4 Å². The van der Waals surface area contributed by atoms with E-state index in [9.17, 15) is 24.3 Å². The first kappa shape index (κ1) is 36.9. The van der Waals surface area contributed by atoms with Crippen LogP contribution in [0.15, 0.2) is 53.6 Å². The summed E-state index contributed by atoms with van der Waals surface area (Å²) in [4.78, 5) is 59.5. The number of aliphatic hydroxyl groups is 1. The predicted octanol–water partition coefficient (Wildman–Crippen LogP) is 5.28. The van der Waals surface area contributed by atoms with Crippen LogP contribution < -0.4 is 25.2 Å². The molecule has 3 atom stereocenters. The number of benzene rings is 2. The second-order valence-corrected chi connectivity index (χ2v) is 15.7. The lowest BCUT2D eigenvalue weighted by Crippen LogP contribution is -2.41. The number of imide groups is 1. The number of aromatic nitrogens is 2. The molecule has 288 valence electrons. The van der Waals surface area contributed by atoms with Gasteiger partial charge in [-0.25, -0.2) is 4.98 Å². The maximum atomic E-state index is 13.4. The number of pyridine rings is 2. The van der Waals surface area contributed by atoms with Crippen molar-refractivity contribution in [2.75, 3.05) is 45.3 Å². The first-order valence-corrected chi connectivity index (χ1v) is 19.5. The Balaban J connectivity index is 0.954. The van der Waals surface area contributed by atoms with Gasteiger partial charge >= 0.3 is 0 Å². The molecule has 12 heteroatoms. The Labute approximate surface area is 320 Å². The summed E-state index contributed by atoms with van der Waals surface area (Å²) >= 11 is 0. The minimum atomic E-state index is -0.763. The average Bonchev–Trinajstić information content (AvgIpc) is 3.17. The number of nitrogens with zero attached hydrogens (tertiary/aromatic N) is 4. The monoisotopic (exact) mass is 747 g/mol. The van der Waals surface area contributed by atoms with Gasteiger partial charge in [-0.3, -0.25) is 29.4 Å². The molecule has 0 spiro atoms. The lowest BCUT2D eigenvalue weighted by molar-refractivity contribution is -0.136. The Kier molecular flexibility index (Phi) is 10.2. The number of carbonyl (C=O) groups is 3. The Hall–Kier alpha value is -5.07. The summed E-state index contributed by atoms with van der Waals surface area (Å²) in [5.74, 6) is 1.65. The van der Waals surface area contributed by atoms with Gasteiger partial charge in [0.25, 0.3) is 5.56 Å². The van der Waals surface area contributed by atoms with Crippen molar-refractivity contribution in [1.29, 1.82) is 0 Å². The number of rotatable bonds is 10. The molecule has 2 aromatic heterocycles. The molecule has 8 rings (SSSR count). The minimum absolute atomic E-state index is 0.0365. The van der Waals surface area contributed by atoms with Gasteiger partial charge in [0.2, 0.25) is 11.8 Å². The molecule has 55 heavy (non-hydrogen) atoms. The maximum Gasteiger partial charge on any atom is 0.259 e. The summed E-state index contributed by atoms with van der Waals surface area (Å²) in [7, 11) is 5.11. The van der Waals surface area contributed by atoms with E-state index in [1.807, 2.05) is 36.5 Å². The molecule has 3 saturated heterocycles. The first-order chi connectivity index (χ1) is 26.6. The molecule has 3 aliphatic heterocycles. The zero-order valence-corrected chi connectivity index (χ0v) is 31.8. The van der Waals surface area contributed by atoms with Gasteiger partial charge in [0.15, 0.2) is 5.78 Å². The van der Waals surface area contributed by atoms with E-state index in [1.165, 1.54) is 0 Å². The zero-order valence-electron chi connectivity index (χ0n) is 31.8.